The van der Waals surface area contributed by atoms with Gasteiger partial charge >= 0.3 is 5.97 Å². The van der Waals surface area contributed by atoms with E-state index in [9.17, 15) is 9.90 Å². The summed E-state index contributed by atoms with van der Waals surface area (Å²) in [5, 5.41) is 11.0. The van der Waals surface area contributed by atoms with Gasteiger partial charge in [-0.3, -0.25) is 0 Å². The van der Waals surface area contributed by atoms with Crippen LogP contribution in [0.3, 0.4) is 0 Å². The summed E-state index contributed by atoms with van der Waals surface area (Å²) in [7, 11) is 0. The van der Waals surface area contributed by atoms with Gasteiger partial charge < -0.3 is 9.84 Å². The number of hydrogen-bond donors (Lipinski definition) is 1. The van der Waals surface area contributed by atoms with Crippen molar-refractivity contribution in [3.8, 4) is 5.75 Å². The number of allylic oxidation sites excluding steroid dienone is 3. The highest BCUT2D eigenvalue weighted by atomic mass is 16.5. The van der Waals surface area contributed by atoms with Gasteiger partial charge in [0.2, 0.25) is 0 Å². The maximum absolute atomic E-state index is 11.8. The molecular formula is C26H36O3. The molecule has 1 aliphatic rings. The molecule has 3 nitrogen and oxygen atoms in total. The van der Waals surface area contributed by atoms with E-state index in [0.717, 1.165) is 28.7 Å². The second-order valence-electron chi connectivity index (χ2n) is 10.6. The summed E-state index contributed by atoms with van der Waals surface area (Å²) in [5.41, 5.74) is 3.72. The van der Waals surface area contributed by atoms with Gasteiger partial charge in [0.25, 0.3) is 0 Å². The Morgan fingerprint density at radius 3 is 2.34 bits per heavy atom. The number of aryl methyl sites for hydroxylation is 1. The predicted octanol–water partition coefficient (Wildman–Crippen LogP) is 6.54. The zero-order valence-corrected chi connectivity index (χ0v) is 19.3. The van der Waals surface area contributed by atoms with Gasteiger partial charge in [-0.2, -0.15) is 0 Å². The summed E-state index contributed by atoms with van der Waals surface area (Å²) in [6.45, 7) is 20.5. The summed E-state index contributed by atoms with van der Waals surface area (Å²) in [5.74, 6) is 0.563. The molecule has 0 heterocycles. The third-order valence-electron chi connectivity index (χ3n) is 5.53. The van der Waals surface area contributed by atoms with E-state index in [4.69, 9.17) is 4.74 Å². The second kappa shape index (κ2) is 7.85. The molecule has 1 unspecified atom stereocenters. The Morgan fingerprint density at radius 1 is 1.21 bits per heavy atom. The Balaban J connectivity index is 2.44. The summed E-state index contributed by atoms with van der Waals surface area (Å²) < 4.78 is 5.52. The zero-order chi connectivity index (χ0) is 22.2. The predicted molar refractivity (Wildman–Crippen MR) is 120 cm³/mol. The van der Waals surface area contributed by atoms with E-state index in [0.29, 0.717) is 17.9 Å². The molecule has 0 amide bonds. The molecule has 29 heavy (non-hydrogen) atoms. The number of phenolic OH excluding ortho intramolecular Hbond substituents is 1. The van der Waals surface area contributed by atoms with Crippen molar-refractivity contribution < 1.29 is 14.6 Å². The number of carbonyl (C=O) groups excluding carboxylic acids is 1. The van der Waals surface area contributed by atoms with Crippen molar-refractivity contribution in [2.45, 2.75) is 73.6 Å². The first-order valence-corrected chi connectivity index (χ1v) is 10.3. The monoisotopic (exact) mass is 396 g/mol. The van der Waals surface area contributed by atoms with E-state index in [2.05, 4.69) is 80.2 Å². The van der Waals surface area contributed by atoms with Crippen LogP contribution in [0, 0.1) is 17.8 Å². The van der Waals surface area contributed by atoms with Crippen molar-refractivity contribution in [1.82, 2.24) is 0 Å². The lowest BCUT2D eigenvalue weighted by atomic mass is 9.68. The Kier molecular flexibility index (Phi) is 6.23. The molecule has 0 fully saturated rings. The van der Waals surface area contributed by atoms with Crippen LogP contribution in [0.5, 0.6) is 5.75 Å². The normalized spacial score (nSPS) is 20.0. The molecule has 3 heteroatoms. The summed E-state index contributed by atoms with van der Waals surface area (Å²) in [6, 6.07) is 4.16. The molecule has 0 radical (unpaired) electrons. The maximum Gasteiger partial charge on any atom is 0.335 e. The molecule has 1 aliphatic carbocycles. The number of benzene rings is 1. The number of aromatic hydroxyl groups is 1. The van der Waals surface area contributed by atoms with Gasteiger partial charge in [0.05, 0.1) is 0 Å². The first-order chi connectivity index (χ1) is 13.2. The SMILES string of the molecule is C=CC(=O)OC1=C(C(C)(C)C)CC(C)(Cc2cc(C)cc(C(C)(C)C)c2O)C=C1. The van der Waals surface area contributed by atoms with Crippen molar-refractivity contribution in [2.24, 2.45) is 10.8 Å². The number of ether oxygens (including phenoxy) is 1. The van der Waals surface area contributed by atoms with Crippen LogP contribution < -0.4 is 0 Å². The molecule has 0 spiro atoms. The highest BCUT2D eigenvalue weighted by Gasteiger charge is 2.35. The third kappa shape index (κ3) is 5.41. The van der Waals surface area contributed by atoms with Crippen LogP contribution in [0.15, 0.2) is 48.3 Å². The Bertz CT molecular complexity index is 872. The lowest BCUT2D eigenvalue weighted by Crippen LogP contribution is -2.27. The van der Waals surface area contributed by atoms with Crippen LogP contribution >= 0.6 is 0 Å². The lowest BCUT2D eigenvalue weighted by molar-refractivity contribution is -0.133. The van der Waals surface area contributed by atoms with Gasteiger partial charge in [0.1, 0.15) is 11.5 Å². The van der Waals surface area contributed by atoms with Gasteiger partial charge in [-0.05, 0) is 58.8 Å². The molecular weight excluding hydrogens is 360 g/mol. The Hall–Kier alpha value is -2.29. The first-order valence-electron chi connectivity index (χ1n) is 10.3. The number of phenols is 1. The van der Waals surface area contributed by atoms with E-state index in [-0.39, 0.29) is 16.2 Å². The lowest BCUT2D eigenvalue weighted by Gasteiger charge is -2.37. The highest BCUT2D eigenvalue weighted by Crippen LogP contribution is 2.46. The first kappa shape index (κ1) is 23.0. The fourth-order valence-corrected chi connectivity index (χ4v) is 3.92. The van der Waals surface area contributed by atoms with Crippen LogP contribution in [0.2, 0.25) is 0 Å². The van der Waals surface area contributed by atoms with E-state index >= 15 is 0 Å². The van der Waals surface area contributed by atoms with Gasteiger partial charge in [-0.25, -0.2) is 4.79 Å². The minimum atomic E-state index is -0.443. The quantitative estimate of drug-likeness (QED) is 0.464. The molecule has 2 rings (SSSR count). The van der Waals surface area contributed by atoms with Gasteiger partial charge in [0, 0.05) is 6.08 Å². The van der Waals surface area contributed by atoms with Crippen LogP contribution in [-0.2, 0) is 21.4 Å². The van der Waals surface area contributed by atoms with Crippen molar-refractivity contribution in [1.29, 1.82) is 0 Å². The topological polar surface area (TPSA) is 46.5 Å². The number of esters is 1. The highest BCUT2D eigenvalue weighted by molar-refractivity contribution is 5.82. The Labute approximate surface area is 176 Å². The zero-order valence-electron chi connectivity index (χ0n) is 19.3. The fraction of sp³-hybridized carbons (Fsp3) is 0.500. The molecule has 0 saturated heterocycles. The van der Waals surface area contributed by atoms with Gasteiger partial charge in [-0.15, -0.1) is 0 Å². The summed E-state index contributed by atoms with van der Waals surface area (Å²) >= 11 is 0. The second-order valence-corrected chi connectivity index (χ2v) is 10.6. The molecule has 1 N–H and O–H groups in total. The average molecular weight is 397 g/mol. The fourth-order valence-electron chi connectivity index (χ4n) is 3.92. The number of hydrogen-bond acceptors (Lipinski definition) is 3. The van der Waals surface area contributed by atoms with Crippen molar-refractivity contribution in [3.63, 3.8) is 0 Å². The van der Waals surface area contributed by atoms with Crippen LogP contribution in [0.1, 0.15) is 71.6 Å². The molecule has 0 aromatic heterocycles. The van der Waals surface area contributed by atoms with E-state index in [1.54, 1.807) is 0 Å². The number of rotatable bonds is 4. The largest absolute Gasteiger partial charge is 0.507 e. The summed E-state index contributed by atoms with van der Waals surface area (Å²) in [6.07, 6.45) is 6.66. The molecule has 158 valence electrons. The van der Waals surface area contributed by atoms with Crippen molar-refractivity contribution in [2.75, 3.05) is 0 Å². The maximum atomic E-state index is 11.8. The minimum absolute atomic E-state index is 0.128. The Morgan fingerprint density at radius 2 is 1.83 bits per heavy atom. The molecule has 0 aliphatic heterocycles. The van der Waals surface area contributed by atoms with Crippen LogP contribution in [0.4, 0.5) is 0 Å². The van der Waals surface area contributed by atoms with Crippen molar-refractivity contribution >= 4 is 5.97 Å². The van der Waals surface area contributed by atoms with Crippen LogP contribution in [0.25, 0.3) is 0 Å². The van der Waals surface area contributed by atoms with Gasteiger partial charge in [0.15, 0.2) is 0 Å². The average Bonchev–Trinajstić information content (AvgIpc) is 2.57. The molecule has 0 bridgehead atoms. The molecule has 1 aromatic rings. The van der Waals surface area contributed by atoms with Crippen molar-refractivity contribution in [3.05, 3.63) is 65.0 Å². The standard InChI is InChI=1S/C26H36O3/c1-10-22(27)29-21-11-12-26(9,16-20(21)25(6,7)8)15-18-13-17(2)14-19(23(18)28)24(3,4)5/h10-14,28H,1,15-16H2,2-9H3. The van der Waals surface area contributed by atoms with Gasteiger partial charge in [-0.1, -0.05) is 78.8 Å². The third-order valence-corrected chi connectivity index (χ3v) is 5.53. The van der Waals surface area contributed by atoms with Crippen LogP contribution in [-0.4, -0.2) is 11.1 Å². The molecule has 1 aromatic carbocycles. The number of carbonyl (C=O) groups is 1. The molecule has 1 atom stereocenters. The van der Waals surface area contributed by atoms with E-state index in [1.165, 1.54) is 6.08 Å². The van der Waals surface area contributed by atoms with E-state index in [1.807, 2.05) is 6.08 Å². The minimum Gasteiger partial charge on any atom is -0.507 e. The summed E-state index contributed by atoms with van der Waals surface area (Å²) in [4.78, 5) is 11.8. The van der Waals surface area contributed by atoms with E-state index < -0.39 is 5.97 Å². The molecule has 0 saturated carbocycles. The smallest absolute Gasteiger partial charge is 0.335 e.